The molecule has 3 heteroatoms. The topological polar surface area (TPSA) is 37.3 Å². The van der Waals surface area contributed by atoms with Crippen LogP contribution < -0.4 is 0 Å². The Morgan fingerprint density at radius 1 is 1.67 bits per heavy atom. The molecule has 2 nitrogen and oxygen atoms in total. The second kappa shape index (κ2) is 9.98. The normalized spacial score (nSPS) is 8.50. The van der Waals surface area contributed by atoms with Gasteiger partial charge in [-0.3, -0.25) is 4.79 Å². The zero-order valence-corrected chi connectivity index (χ0v) is 7.84. The number of halogens is 1. The molecular weight excluding hydrogens is 176 g/mol. The van der Waals surface area contributed by atoms with Crippen molar-refractivity contribution in [2.24, 2.45) is 0 Å². The van der Waals surface area contributed by atoms with E-state index in [0.29, 0.717) is 0 Å². The molecule has 0 heterocycles. The highest BCUT2D eigenvalue weighted by Crippen LogP contribution is 2.00. The van der Waals surface area contributed by atoms with E-state index in [2.05, 4.69) is 13.2 Å². The second-order valence-electron chi connectivity index (χ2n) is 1.85. The van der Waals surface area contributed by atoms with Crippen molar-refractivity contribution >= 4 is 17.6 Å². The summed E-state index contributed by atoms with van der Waals surface area (Å²) in [7, 11) is 0. The zero-order valence-electron chi connectivity index (χ0n) is 7.09. The lowest BCUT2D eigenvalue weighted by molar-refractivity contribution is -0.136. The number of hydrogen-bond acceptors (Lipinski definition) is 1. The first-order chi connectivity index (χ1) is 5.54. The van der Waals surface area contributed by atoms with Crippen molar-refractivity contribution in [1.29, 1.82) is 0 Å². The van der Waals surface area contributed by atoms with Crippen molar-refractivity contribution in [3.8, 4) is 0 Å². The fourth-order valence-electron chi connectivity index (χ4n) is 0.300. The van der Waals surface area contributed by atoms with Crippen LogP contribution in [-0.4, -0.2) is 11.1 Å². The van der Waals surface area contributed by atoms with Gasteiger partial charge in [-0.25, -0.2) is 0 Å². The first-order valence-corrected chi connectivity index (χ1v) is 3.71. The number of carboxylic acid groups (broad SMARTS) is 1. The third-order valence-corrected chi connectivity index (χ3v) is 0.805. The first kappa shape index (κ1) is 13.6. The maximum absolute atomic E-state index is 9.66. The average molecular weight is 189 g/mol. The van der Waals surface area contributed by atoms with Crippen molar-refractivity contribution in [1.82, 2.24) is 0 Å². The molecule has 0 aliphatic rings. The number of carbonyl (C=O) groups is 1. The molecule has 0 radical (unpaired) electrons. The third-order valence-electron chi connectivity index (χ3n) is 0.672. The zero-order chi connectivity index (χ0) is 9.98. The summed E-state index contributed by atoms with van der Waals surface area (Å²) in [6, 6.07) is 0. The predicted octanol–water partition coefficient (Wildman–Crippen LogP) is 2.96. The molecule has 0 bridgehead atoms. The Balaban J connectivity index is 0. The molecule has 68 valence electrons. The van der Waals surface area contributed by atoms with E-state index >= 15 is 0 Å². The lowest BCUT2D eigenvalue weighted by Crippen LogP contribution is -1.91. The van der Waals surface area contributed by atoms with E-state index in [-0.39, 0.29) is 11.5 Å². The van der Waals surface area contributed by atoms with Gasteiger partial charge in [0.15, 0.2) is 0 Å². The maximum Gasteiger partial charge on any atom is 0.308 e. The molecular formula is C9H13ClO2. The lowest BCUT2D eigenvalue weighted by Gasteiger charge is -1.83. The van der Waals surface area contributed by atoms with E-state index in [1.165, 1.54) is 0 Å². The van der Waals surface area contributed by atoms with Gasteiger partial charge in [0.2, 0.25) is 0 Å². The Labute approximate surface area is 77.9 Å². The summed E-state index contributed by atoms with van der Waals surface area (Å²) in [6.07, 6.45) is 5.43. The summed E-state index contributed by atoms with van der Waals surface area (Å²) in [6.45, 7) is 8.60. The smallest absolute Gasteiger partial charge is 0.308 e. The predicted molar refractivity (Wildman–Crippen MR) is 52.3 cm³/mol. The Morgan fingerprint density at radius 2 is 2.17 bits per heavy atom. The molecule has 0 aromatic rings. The molecule has 0 fully saturated rings. The minimum Gasteiger partial charge on any atom is -0.481 e. The van der Waals surface area contributed by atoms with Crippen LogP contribution >= 0.6 is 11.6 Å². The third kappa shape index (κ3) is 23.1. The Morgan fingerprint density at radius 3 is 2.17 bits per heavy atom. The summed E-state index contributed by atoms with van der Waals surface area (Å²) in [4.78, 5) is 9.66. The average Bonchev–Trinajstić information content (AvgIpc) is 1.87. The lowest BCUT2D eigenvalue weighted by atomic mass is 10.4. The van der Waals surface area contributed by atoms with Crippen LogP contribution in [0.1, 0.15) is 13.3 Å². The van der Waals surface area contributed by atoms with Crippen LogP contribution in [0.15, 0.2) is 36.4 Å². The summed E-state index contributed by atoms with van der Waals surface area (Å²) < 4.78 is 0. The number of carboxylic acids is 1. The highest BCUT2D eigenvalue weighted by atomic mass is 35.5. The minimum atomic E-state index is -0.944. The highest BCUT2D eigenvalue weighted by molar-refractivity contribution is 6.30. The van der Waals surface area contributed by atoms with Gasteiger partial charge in [0, 0.05) is 5.03 Å². The molecule has 0 aromatic heterocycles. The van der Waals surface area contributed by atoms with E-state index in [1.54, 1.807) is 6.08 Å². The molecule has 0 rings (SSSR count). The number of hydrogen-bond donors (Lipinski definition) is 1. The Kier molecular flexibility index (Phi) is 11.3. The second-order valence-corrected chi connectivity index (χ2v) is 2.38. The molecule has 12 heavy (non-hydrogen) atoms. The molecule has 0 unspecified atom stereocenters. The highest BCUT2D eigenvalue weighted by Gasteiger charge is 1.94. The molecule has 0 aliphatic heterocycles. The summed E-state index contributed by atoms with van der Waals surface area (Å²) in [5.74, 6) is -0.944. The van der Waals surface area contributed by atoms with Crippen molar-refractivity contribution < 1.29 is 9.90 Å². The SMILES string of the molecule is C=C(Cl)CC(=O)O.C=CC=CC. The maximum atomic E-state index is 9.66. The standard InChI is InChI=1S/C5H8.C4H5ClO2/c1-3-5-4-2;1-3(5)2-4(6)7/h3-5H,1H2,2H3;1-2H2,(H,6,7). The van der Waals surface area contributed by atoms with Crippen LogP contribution in [-0.2, 0) is 4.79 Å². The monoisotopic (exact) mass is 188 g/mol. The van der Waals surface area contributed by atoms with Gasteiger partial charge < -0.3 is 5.11 Å². The molecule has 1 N–H and O–H groups in total. The quantitative estimate of drug-likeness (QED) is 0.692. The van der Waals surface area contributed by atoms with Gasteiger partial charge >= 0.3 is 5.97 Å². The van der Waals surface area contributed by atoms with Gasteiger partial charge in [0.1, 0.15) is 0 Å². The van der Waals surface area contributed by atoms with Crippen molar-refractivity contribution in [2.75, 3.05) is 0 Å². The fourth-order valence-corrected chi connectivity index (χ4v) is 0.414. The number of aliphatic carboxylic acids is 1. The van der Waals surface area contributed by atoms with Crippen LogP contribution in [0.3, 0.4) is 0 Å². The van der Waals surface area contributed by atoms with Crippen molar-refractivity contribution in [3.63, 3.8) is 0 Å². The van der Waals surface area contributed by atoms with Crippen LogP contribution in [0.5, 0.6) is 0 Å². The molecule has 0 spiro atoms. The van der Waals surface area contributed by atoms with Gasteiger partial charge in [-0.2, -0.15) is 0 Å². The van der Waals surface area contributed by atoms with Crippen LogP contribution in [0, 0.1) is 0 Å². The van der Waals surface area contributed by atoms with Gasteiger partial charge in [0.25, 0.3) is 0 Å². The van der Waals surface area contributed by atoms with Gasteiger partial charge in [-0.1, -0.05) is 43.0 Å². The van der Waals surface area contributed by atoms with Crippen LogP contribution in [0.25, 0.3) is 0 Å². The van der Waals surface area contributed by atoms with E-state index in [1.807, 2.05) is 19.1 Å². The summed E-state index contributed by atoms with van der Waals surface area (Å²) in [5.41, 5.74) is 0. The van der Waals surface area contributed by atoms with Gasteiger partial charge in [-0.05, 0) is 6.92 Å². The minimum absolute atomic E-state index is 0.151. The molecule has 0 saturated heterocycles. The Bertz CT molecular complexity index is 171. The summed E-state index contributed by atoms with van der Waals surface area (Å²) >= 11 is 5.10. The van der Waals surface area contributed by atoms with E-state index in [4.69, 9.17) is 16.7 Å². The molecule has 0 atom stereocenters. The summed E-state index contributed by atoms with van der Waals surface area (Å²) in [5, 5.41) is 8.10. The van der Waals surface area contributed by atoms with Gasteiger partial charge in [0.05, 0.1) is 6.42 Å². The van der Waals surface area contributed by atoms with E-state index in [0.717, 1.165) is 0 Å². The largest absolute Gasteiger partial charge is 0.481 e. The first-order valence-electron chi connectivity index (χ1n) is 3.33. The van der Waals surface area contributed by atoms with Crippen LogP contribution in [0.4, 0.5) is 0 Å². The van der Waals surface area contributed by atoms with Crippen molar-refractivity contribution in [2.45, 2.75) is 13.3 Å². The van der Waals surface area contributed by atoms with Crippen molar-refractivity contribution in [3.05, 3.63) is 36.4 Å². The van der Waals surface area contributed by atoms with E-state index < -0.39 is 5.97 Å². The molecule has 0 amide bonds. The van der Waals surface area contributed by atoms with E-state index in [9.17, 15) is 4.79 Å². The fraction of sp³-hybridized carbons (Fsp3) is 0.222. The van der Waals surface area contributed by atoms with Gasteiger partial charge in [-0.15, -0.1) is 0 Å². The molecule has 0 aliphatic carbocycles. The molecule has 0 aromatic carbocycles. The number of rotatable bonds is 3. The Hall–Kier alpha value is -1.02. The molecule has 0 saturated carbocycles. The number of allylic oxidation sites excluding steroid dienone is 3. The van der Waals surface area contributed by atoms with Crippen LogP contribution in [0.2, 0.25) is 0 Å².